The molecule has 0 unspecified atom stereocenters. The highest BCUT2D eigenvalue weighted by molar-refractivity contribution is 6.31. The number of alkyl halides is 3. The van der Waals surface area contributed by atoms with E-state index in [0.29, 0.717) is 10.9 Å². The van der Waals surface area contributed by atoms with Crippen LogP contribution < -0.4 is 11.1 Å². The van der Waals surface area contributed by atoms with Crippen LogP contribution in [0.25, 0.3) is 10.9 Å². The summed E-state index contributed by atoms with van der Waals surface area (Å²) in [5, 5.41) is 14.2. The van der Waals surface area contributed by atoms with Gasteiger partial charge in [0.15, 0.2) is 5.82 Å². The summed E-state index contributed by atoms with van der Waals surface area (Å²) in [6, 6.07) is 8.36. The molecular formula is C16H11ClF3N5O. The number of hydrogen-bond acceptors (Lipinski definition) is 5. The van der Waals surface area contributed by atoms with Crippen LogP contribution in [0.5, 0.6) is 0 Å². The minimum atomic E-state index is -4.55. The van der Waals surface area contributed by atoms with Crippen LogP contribution in [0, 0.1) is 0 Å². The lowest BCUT2D eigenvalue weighted by atomic mass is 10.1. The molecule has 0 spiro atoms. The Morgan fingerprint density at radius 3 is 2.65 bits per heavy atom. The fraction of sp³-hybridized carbons (Fsp3) is 0.125. The molecule has 0 atom stereocenters. The van der Waals surface area contributed by atoms with E-state index in [0.717, 1.165) is 6.07 Å². The number of amides is 1. The number of carbonyl (C=O) groups is 1. The largest absolute Gasteiger partial charge is 0.417 e. The fourth-order valence-electron chi connectivity index (χ4n) is 2.42. The van der Waals surface area contributed by atoms with Gasteiger partial charge in [-0.1, -0.05) is 23.7 Å². The van der Waals surface area contributed by atoms with Crippen molar-refractivity contribution in [3.05, 3.63) is 58.1 Å². The van der Waals surface area contributed by atoms with Gasteiger partial charge in [-0.15, -0.1) is 10.2 Å². The van der Waals surface area contributed by atoms with E-state index in [1.807, 2.05) is 0 Å². The first-order valence-electron chi connectivity index (χ1n) is 7.29. The third kappa shape index (κ3) is 3.52. The van der Waals surface area contributed by atoms with E-state index in [4.69, 9.17) is 17.3 Å². The SMILES string of the molecule is NC(=O)c1cccc2c(NCc3ccc(Cl)c(C(F)(F)F)c3)nnnc12. The fourth-order valence-corrected chi connectivity index (χ4v) is 2.65. The summed E-state index contributed by atoms with van der Waals surface area (Å²) in [6.07, 6.45) is -4.55. The van der Waals surface area contributed by atoms with Gasteiger partial charge >= 0.3 is 6.18 Å². The molecule has 1 aromatic heterocycles. The molecule has 26 heavy (non-hydrogen) atoms. The van der Waals surface area contributed by atoms with Crippen LogP contribution in [0.15, 0.2) is 36.4 Å². The van der Waals surface area contributed by atoms with Crippen LogP contribution in [0.3, 0.4) is 0 Å². The molecule has 0 aliphatic heterocycles. The van der Waals surface area contributed by atoms with Crippen molar-refractivity contribution in [2.24, 2.45) is 5.73 Å². The highest BCUT2D eigenvalue weighted by atomic mass is 35.5. The van der Waals surface area contributed by atoms with Crippen LogP contribution >= 0.6 is 11.6 Å². The highest BCUT2D eigenvalue weighted by Crippen LogP contribution is 2.35. The number of nitrogens with zero attached hydrogens (tertiary/aromatic N) is 3. The van der Waals surface area contributed by atoms with Crippen molar-refractivity contribution in [1.29, 1.82) is 0 Å². The zero-order valence-electron chi connectivity index (χ0n) is 13.0. The third-order valence-electron chi connectivity index (χ3n) is 3.64. The summed E-state index contributed by atoms with van der Waals surface area (Å²) in [6.45, 7) is 0.0365. The smallest absolute Gasteiger partial charge is 0.366 e. The molecule has 3 aromatic rings. The van der Waals surface area contributed by atoms with Crippen molar-refractivity contribution in [3.8, 4) is 0 Å². The van der Waals surface area contributed by atoms with Crippen LogP contribution in [0.4, 0.5) is 19.0 Å². The molecule has 0 saturated carbocycles. The van der Waals surface area contributed by atoms with Gasteiger partial charge in [-0.05, 0) is 35.0 Å². The Morgan fingerprint density at radius 2 is 1.96 bits per heavy atom. The summed E-state index contributed by atoms with van der Waals surface area (Å²) in [7, 11) is 0. The molecule has 0 fully saturated rings. The predicted octanol–water partition coefficient (Wildman–Crippen LogP) is 3.41. The summed E-state index contributed by atoms with van der Waals surface area (Å²) >= 11 is 5.61. The first-order chi connectivity index (χ1) is 12.3. The number of hydrogen-bond donors (Lipinski definition) is 2. The van der Waals surface area contributed by atoms with Crippen molar-refractivity contribution in [1.82, 2.24) is 15.4 Å². The van der Waals surface area contributed by atoms with E-state index in [2.05, 4.69) is 20.7 Å². The lowest BCUT2D eigenvalue weighted by molar-refractivity contribution is -0.137. The zero-order valence-corrected chi connectivity index (χ0v) is 13.8. The normalized spacial score (nSPS) is 11.5. The van der Waals surface area contributed by atoms with Gasteiger partial charge in [0.2, 0.25) is 0 Å². The van der Waals surface area contributed by atoms with Crippen molar-refractivity contribution in [3.63, 3.8) is 0 Å². The highest BCUT2D eigenvalue weighted by Gasteiger charge is 2.33. The number of halogens is 4. The topological polar surface area (TPSA) is 93.8 Å². The molecule has 3 rings (SSSR count). The van der Waals surface area contributed by atoms with Gasteiger partial charge in [0.1, 0.15) is 5.52 Å². The summed E-state index contributed by atoms with van der Waals surface area (Å²) in [5.74, 6) is -0.406. The zero-order chi connectivity index (χ0) is 18.9. The van der Waals surface area contributed by atoms with Gasteiger partial charge in [0, 0.05) is 11.9 Å². The minimum absolute atomic E-state index is 0.0365. The number of rotatable bonds is 4. The van der Waals surface area contributed by atoms with Crippen LogP contribution in [-0.2, 0) is 12.7 Å². The monoisotopic (exact) mass is 381 g/mol. The van der Waals surface area contributed by atoms with E-state index in [9.17, 15) is 18.0 Å². The maximum atomic E-state index is 12.9. The second-order valence-electron chi connectivity index (χ2n) is 5.37. The standard InChI is InChI=1S/C16H11ClF3N5O/c17-12-5-4-8(6-11(12)16(18,19)20)7-22-15-10-3-1-2-9(14(21)26)13(10)23-25-24-15/h1-6H,7H2,(H2,21,26)(H,22,23,24). The average molecular weight is 382 g/mol. The van der Waals surface area contributed by atoms with Gasteiger partial charge in [-0.3, -0.25) is 4.79 Å². The van der Waals surface area contributed by atoms with E-state index in [1.165, 1.54) is 18.2 Å². The van der Waals surface area contributed by atoms with E-state index < -0.39 is 17.6 Å². The molecule has 2 aromatic carbocycles. The number of primary amides is 1. The summed E-state index contributed by atoms with van der Waals surface area (Å²) < 4.78 is 38.8. The first kappa shape index (κ1) is 17.9. The van der Waals surface area contributed by atoms with Gasteiger partial charge < -0.3 is 11.1 Å². The number of nitrogens with two attached hydrogens (primary N) is 1. The Kier molecular flexibility index (Phi) is 4.64. The molecule has 0 aliphatic rings. The van der Waals surface area contributed by atoms with E-state index in [1.54, 1.807) is 12.1 Å². The number of fused-ring (bicyclic) bond motifs is 1. The van der Waals surface area contributed by atoms with Gasteiger partial charge in [0.25, 0.3) is 5.91 Å². The van der Waals surface area contributed by atoms with E-state index >= 15 is 0 Å². The number of benzene rings is 2. The van der Waals surface area contributed by atoms with Gasteiger partial charge in [-0.2, -0.15) is 13.2 Å². The molecule has 1 heterocycles. The van der Waals surface area contributed by atoms with Crippen molar-refractivity contribution >= 4 is 34.2 Å². The molecular weight excluding hydrogens is 371 g/mol. The maximum absolute atomic E-state index is 12.9. The molecule has 10 heteroatoms. The van der Waals surface area contributed by atoms with Crippen molar-refractivity contribution < 1.29 is 18.0 Å². The van der Waals surface area contributed by atoms with Crippen LogP contribution in [-0.4, -0.2) is 21.3 Å². The molecule has 6 nitrogen and oxygen atoms in total. The van der Waals surface area contributed by atoms with Gasteiger partial charge in [-0.25, -0.2) is 0 Å². The Hall–Kier alpha value is -2.94. The maximum Gasteiger partial charge on any atom is 0.417 e. The number of carbonyl (C=O) groups excluding carboxylic acids is 1. The van der Waals surface area contributed by atoms with Crippen molar-refractivity contribution in [2.75, 3.05) is 5.32 Å². The quantitative estimate of drug-likeness (QED) is 0.722. The molecule has 0 radical (unpaired) electrons. The molecule has 0 saturated heterocycles. The first-order valence-corrected chi connectivity index (χ1v) is 7.66. The number of anilines is 1. The Balaban J connectivity index is 1.92. The third-order valence-corrected chi connectivity index (χ3v) is 3.97. The summed E-state index contributed by atoms with van der Waals surface area (Å²) in [5.41, 5.74) is 5.16. The van der Waals surface area contributed by atoms with Crippen molar-refractivity contribution in [2.45, 2.75) is 12.7 Å². The number of nitrogens with one attached hydrogen (secondary N) is 1. The molecule has 1 amide bonds. The molecule has 0 bridgehead atoms. The minimum Gasteiger partial charge on any atom is -0.366 e. The van der Waals surface area contributed by atoms with Crippen LogP contribution in [0.2, 0.25) is 5.02 Å². The lowest BCUT2D eigenvalue weighted by Crippen LogP contribution is -2.13. The summed E-state index contributed by atoms with van der Waals surface area (Å²) in [4.78, 5) is 11.5. The molecule has 134 valence electrons. The second kappa shape index (κ2) is 6.75. The molecule has 0 aliphatic carbocycles. The number of aromatic nitrogens is 3. The predicted molar refractivity (Wildman–Crippen MR) is 89.6 cm³/mol. The van der Waals surface area contributed by atoms with E-state index in [-0.39, 0.29) is 28.5 Å². The lowest BCUT2D eigenvalue weighted by Gasteiger charge is -2.12. The van der Waals surface area contributed by atoms with Crippen LogP contribution in [0.1, 0.15) is 21.5 Å². The molecule has 3 N–H and O–H groups in total. The second-order valence-corrected chi connectivity index (χ2v) is 5.78. The Labute approximate surface area is 150 Å². The average Bonchev–Trinajstić information content (AvgIpc) is 2.59. The Morgan fingerprint density at radius 1 is 1.19 bits per heavy atom. The Bertz CT molecular complexity index is 993. The van der Waals surface area contributed by atoms with Gasteiger partial charge in [0.05, 0.1) is 16.1 Å².